The molecule has 0 saturated carbocycles. The zero-order chi connectivity index (χ0) is 14.6. The molecule has 3 nitrogen and oxygen atoms in total. The summed E-state index contributed by atoms with van der Waals surface area (Å²) in [6.45, 7) is 4.15. The van der Waals surface area contributed by atoms with E-state index in [4.69, 9.17) is 4.42 Å². The van der Waals surface area contributed by atoms with Gasteiger partial charge in [-0.05, 0) is 38.4 Å². The van der Waals surface area contributed by atoms with Gasteiger partial charge in [0.15, 0.2) is 0 Å². The average Bonchev–Trinajstić information content (AvgIpc) is 2.92. The third-order valence-electron chi connectivity index (χ3n) is 3.82. The average molecular weight is 290 g/mol. The van der Waals surface area contributed by atoms with E-state index in [0.717, 1.165) is 12.3 Å². The fourth-order valence-electron chi connectivity index (χ4n) is 2.60. The maximum Gasteiger partial charge on any atom is 0.393 e. The Morgan fingerprint density at radius 3 is 2.95 bits per heavy atom. The molecule has 0 bridgehead atoms. The number of halogens is 3. The largest absolute Gasteiger partial charge is 0.468 e. The SMILES string of the molecule is CC(NCCN1CCCC(C(F)(F)F)C1)c1ccco1. The van der Waals surface area contributed by atoms with Crippen LogP contribution >= 0.6 is 0 Å². The Kier molecular flexibility index (Phi) is 5.10. The molecule has 1 aromatic rings. The molecule has 1 aliphatic heterocycles. The predicted molar refractivity (Wildman–Crippen MR) is 70.3 cm³/mol. The second-order valence-corrected chi connectivity index (χ2v) is 5.37. The van der Waals surface area contributed by atoms with Crippen LogP contribution in [0.25, 0.3) is 0 Å². The highest BCUT2D eigenvalue weighted by atomic mass is 19.4. The summed E-state index contributed by atoms with van der Waals surface area (Å²) in [4.78, 5) is 1.89. The van der Waals surface area contributed by atoms with E-state index in [1.165, 1.54) is 0 Å². The first-order valence-electron chi connectivity index (χ1n) is 7.02. The van der Waals surface area contributed by atoms with Crippen LogP contribution in [-0.4, -0.2) is 37.3 Å². The molecule has 6 heteroatoms. The Bertz CT molecular complexity index is 392. The minimum Gasteiger partial charge on any atom is -0.468 e. The first-order chi connectivity index (χ1) is 9.47. The number of piperidine rings is 1. The molecule has 1 aliphatic rings. The number of nitrogens with one attached hydrogen (secondary N) is 1. The van der Waals surface area contributed by atoms with Gasteiger partial charge in [0, 0.05) is 19.6 Å². The molecule has 1 saturated heterocycles. The van der Waals surface area contributed by atoms with E-state index in [2.05, 4.69) is 5.32 Å². The van der Waals surface area contributed by atoms with Gasteiger partial charge < -0.3 is 14.6 Å². The quantitative estimate of drug-likeness (QED) is 0.902. The topological polar surface area (TPSA) is 28.4 Å². The molecule has 0 spiro atoms. The minimum atomic E-state index is -4.06. The molecular weight excluding hydrogens is 269 g/mol. The first-order valence-corrected chi connectivity index (χ1v) is 7.02. The lowest BCUT2D eigenvalue weighted by Gasteiger charge is -2.33. The van der Waals surface area contributed by atoms with Crippen LogP contribution in [0.2, 0.25) is 0 Å². The van der Waals surface area contributed by atoms with E-state index in [1.54, 1.807) is 6.26 Å². The van der Waals surface area contributed by atoms with Crippen LogP contribution in [0, 0.1) is 5.92 Å². The molecule has 0 aromatic carbocycles. The van der Waals surface area contributed by atoms with E-state index >= 15 is 0 Å². The van der Waals surface area contributed by atoms with Crippen molar-refractivity contribution < 1.29 is 17.6 Å². The number of alkyl halides is 3. The third kappa shape index (κ3) is 4.24. The fourth-order valence-corrected chi connectivity index (χ4v) is 2.60. The number of rotatable bonds is 5. The molecule has 1 aromatic heterocycles. The normalized spacial score (nSPS) is 22.9. The summed E-state index contributed by atoms with van der Waals surface area (Å²) in [5.74, 6) is -0.324. The van der Waals surface area contributed by atoms with Gasteiger partial charge in [-0.3, -0.25) is 0 Å². The van der Waals surface area contributed by atoms with Gasteiger partial charge >= 0.3 is 6.18 Å². The fraction of sp³-hybridized carbons (Fsp3) is 0.714. The van der Waals surface area contributed by atoms with Crippen molar-refractivity contribution in [3.8, 4) is 0 Å². The molecule has 0 aliphatic carbocycles. The molecule has 0 amide bonds. The van der Waals surface area contributed by atoms with Crippen molar-refractivity contribution in [1.29, 1.82) is 0 Å². The second-order valence-electron chi connectivity index (χ2n) is 5.37. The maximum atomic E-state index is 12.7. The zero-order valence-corrected chi connectivity index (χ0v) is 11.6. The Morgan fingerprint density at radius 1 is 1.50 bits per heavy atom. The van der Waals surface area contributed by atoms with Gasteiger partial charge in [0.25, 0.3) is 0 Å². The summed E-state index contributed by atoms with van der Waals surface area (Å²) in [6.07, 6.45) is -1.56. The summed E-state index contributed by atoms with van der Waals surface area (Å²) < 4.78 is 43.4. The van der Waals surface area contributed by atoms with E-state index < -0.39 is 12.1 Å². The molecule has 1 fully saturated rings. The van der Waals surface area contributed by atoms with Crippen LogP contribution in [0.1, 0.15) is 31.6 Å². The molecule has 20 heavy (non-hydrogen) atoms. The van der Waals surface area contributed by atoms with Gasteiger partial charge in [-0.15, -0.1) is 0 Å². The number of nitrogens with zero attached hydrogens (tertiary/aromatic N) is 1. The lowest BCUT2D eigenvalue weighted by atomic mass is 9.97. The van der Waals surface area contributed by atoms with E-state index in [-0.39, 0.29) is 19.0 Å². The second kappa shape index (κ2) is 6.63. The molecular formula is C14H21F3N2O. The van der Waals surface area contributed by atoms with Crippen molar-refractivity contribution in [1.82, 2.24) is 10.2 Å². The molecule has 114 valence electrons. The highest BCUT2D eigenvalue weighted by Gasteiger charge is 2.41. The standard InChI is InChI=1S/C14H21F3N2O/c1-11(13-5-3-9-20-13)18-6-8-19-7-2-4-12(10-19)14(15,16)17/h3,5,9,11-12,18H,2,4,6-8,10H2,1H3. The van der Waals surface area contributed by atoms with Crippen LogP contribution in [0.3, 0.4) is 0 Å². The van der Waals surface area contributed by atoms with Crippen LogP contribution < -0.4 is 5.32 Å². The van der Waals surface area contributed by atoms with Crippen molar-refractivity contribution in [3.05, 3.63) is 24.2 Å². The number of hydrogen-bond donors (Lipinski definition) is 1. The van der Waals surface area contributed by atoms with Gasteiger partial charge in [0.05, 0.1) is 18.2 Å². The van der Waals surface area contributed by atoms with Gasteiger partial charge in [0.1, 0.15) is 5.76 Å². The summed E-state index contributed by atoms with van der Waals surface area (Å²) in [5.41, 5.74) is 0. The summed E-state index contributed by atoms with van der Waals surface area (Å²) in [5, 5.41) is 3.27. The van der Waals surface area contributed by atoms with Crippen LogP contribution in [0.15, 0.2) is 22.8 Å². The highest BCUT2D eigenvalue weighted by Crippen LogP contribution is 2.32. The van der Waals surface area contributed by atoms with Crippen LogP contribution in [-0.2, 0) is 0 Å². The van der Waals surface area contributed by atoms with E-state index in [9.17, 15) is 13.2 Å². The van der Waals surface area contributed by atoms with Crippen molar-refractivity contribution in [2.45, 2.75) is 32.0 Å². The molecule has 2 unspecified atom stereocenters. The van der Waals surface area contributed by atoms with Crippen molar-refractivity contribution in [2.24, 2.45) is 5.92 Å². The van der Waals surface area contributed by atoms with Crippen molar-refractivity contribution >= 4 is 0 Å². The smallest absolute Gasteiger partial charge is 0.393 e. The lowest BCUT2D eigenvalue weighted by molar-refractivity contribution is -0.186. The molecule has 2 heterocycles. The summed E-state index contributed by atoms with van der Waals surface area (Å²) >= 11 is 0. The number of likely N-dealkylation sites (tertiary alicyclic amines) is 1. The molecule has 2 rings (SSSR count). The maximum absolute atomic E-state index is 12.7. The Morgan fingerprint density at radius 2 is 2.30 bits per heavy atom. The van der Waals surface area contributed by atoms with Gasteiger partial charge in [-0.25, -0.2) is 0 Å². The van der Waals surface area contributed by atoms with Gasteiger partial charge in [-0.2, -0.15) is 13.2 Å². The molecule has 2 atom stereocenters. The number of furan rings is 1. The number of hydrogen-bond acceptors (Lipinski definition) is 3. The lowest BCUT2D eigenvalue weighted by Crippen LogP contribution is -2.44. The summed E-state index contributed by atoms with van der Waals surface area (Å²) in [7, 11) is 0. The first kappa shape index (κ1) is 15.4. The van der Waals surface area contributed by atoms with Crippen molar-refractivity contribution in [2.75, 3.05) is 26.2 Å². The highest BCUT2D eigenvalue weighted by molar-refractivity contribution is 5.02. The predicted octanol–water partition coefficient (Wildman–Crippen LogP) is 3.20. The Balaban J connectivity index is 1.71. The Hall–Kier alpha value is -1.01. The van der Waals surface area contributed by atoms with E-state index in [1.807, 2.05) is 24.0 Å². The zero-order valence-electron chi connectivity index (χ0n) is 11.6. The molecule has 1 N–H and O–H groups in total. The van der Waals surface area contributed by atoms with Gasteiger partial charge in [-0.1, -0.05) is 0 Å². The minimum absolute atomic E-state index is 0.0770. The van der Waals surface area contributed by atoms with Gasteiger partial charge in [0.2, 0.25) is 0 Å². The monoisotopic (exact) mass is 290 g/mol. The third-order valence-corrected chi connectivity index (χ3v) is 3.82. The molecule has 0 radical (unpaired) electrons. The van der Waals surface area contributed by atoms with Crippen LogP contribution in [0.4, 0.5) is 13.2 Å². The van der Waals surface area contributed by atoms with Crippen LogP contribution in [0.5, 0.6) is 0 Å². The van der Waals surface area contributed by atoms with Crippen molar-refractivity contribution in [3.63, 3.8) is 0 Å². The van der Waals surface area contributed by atoms with E-state index in [0.29, 0.717) is 19.5 Å². The summed E-state index contributed by atoms with van der Waals surface area (Å²) in [6, 6.07) is 3.79. The Labute approximate surface area is 117 Å².